The standard InChI is InChI=1S/C18H18FN3O.C4H6O5/c19-15-6-2-4-8-17(15)22-16-7-3-1-5-14(16)18(21-22)23-13-9-11-20-12-10-13;5-2(4(8)9)1-3(6)7/h1-8,13,20H,9-12H2;2,5H,1H2,(H,6,7)(H,8,9). The van der Waals surface area contributed by atoms with Crippen LogP contribution in [0.15, 0.2) is 48.5 Å². The lowest BCUT2D eigenvalue weighted by Crippen LogP contribution is -2.34. The number of rotatable bonds is 6. The summed E-state index contributed by atoms with van der Waals surface area (Å²) in [6.07, 6.45) is -0.469. The monoisotopic (exact) mass is 445 g/mol. The zero-order chi connectivity index (χ0) is 23.1. The highest BCUT2D eigenvalue weighted by Gasteiger charge is 2.20. The number of fused-ring (bicyclic) bond motifs is 1. The molecule has 3 aromatic rings. The lowest BCUT2D eigenvalue weighted by Gasteiger charge is -2.22. The van der Waals surface area contributed by atoms with E-state index in [2.05, 4.69) is 10.4 Å². The smallest absolute Gasteiger partial charge is 0.333 e. The van der Waals surface area contributed by atoms with Gasteiger partial charge in [-0.3, -0.25) is 4.79 Å². The number of aromatic nitrogens is 2. The summed E-state index contributed by atoms with van der Waals surface area (Å²) in [6, 6.07) is 14.4. The quantitative estimate of drug-likeness (QED) is 0.454. The normalized spacial score (nSPS) is 14.9. The predicted octanol–water partition coefficient (Wildman–Crippen LogP) is 2.20. The lowest BCUT2D eigenvalue weighted by atomic mass is 10.1. The van der Waals surface area contributed by atoms with Gasteiger partial charge in [0.05, 0.1) is 17.3 Å². The zero-order valence-corrected chi connectivity index (χ0v) is 17.1. The van der Waals surface area contributed by atoms with Crippen LogP contribution in [0.25, 0.3) is 16.6 Å². The number of carbonyl (C=O) groups is 2. The fraction of sp³-hybridized carbons (Fsp3) is 0.318. The molecular formula is C22H24FN3O6. The minimum Gasteiger partial charge on any atom is -0.481 e. The Bertz CT molecular complexity index is 1080. The number of ether oxygens (including phenoxy) is 1. The number of para-hydroxylation sites is 2. The second kappa shape index (κ2) is 10.7. The molecule has 0 amide bonds. The maximum absolute atomic E-state index is 14.2. The van der Waals surface area contributed by atoms with E-state index in [0.29, 0.717) is 11.6 Å². The molecule has 2 heterocycles. The summed E-state index contributed by atoms with van der Waals surface area (Å²) in [4.78, 5) is 19.4. The van der Waals surface area contributed by atoms with E-state index >= 15 is 0 Å². The van der Waals surface area contributed by atoms with Gasteiger partial charge in [-0.15, -0.1) is 5.10 Å². The first-order valence-corrected chi connectivity index (χ1v) is 10.1. The first-order chi connectivity index (χ1) is 15.4. The Morgan fingerprint density at radius 1 is 1.12 bits per heavy atom. The molecule has 1 unspecified atom stereocenters. The van der Waals surface area contributed by atoms with Crippen LogP contribution in [-0.2, 0) is 9.59 Å². The molecule has 9 nitrogen and oxygen atoms in total. The van der Waals surface area contributed by atoms with Gasteiger partial charge in [-0.25, -0.2) is 13.9 Å². The van der Waals surface area contributed by atoms with Crippen molar-refractivity contribution >= 4 is 22.8 Å². The Morgan fingerprint density at radius 3 is 2.41 bits per heavy atom. The van der Waals surface area contributed by atoms with Crippen molar-refractivity contribution in [3.63, 3.8) is 0 Å². The molecule has 32 heavy (non-hydrogen) atoms. The van der Waals surface area contributed by atoms with Crippen LogP contribution in [-0.4, -0.2) is 62.3 Å². The number of benzene rings is 2. The van der Waals surface area contributed by atoms with E-state index in [-0.39, 0.29) is 11.9 Å². The Balaban J connectivity index is 0.000000275. The van der Waals surface area contributed by atoms with Gasteiger partial charge < -0.3 is 25.4 Å². The molecule has 0 saturated carbocycles. The highest BCUT2D eigenvalue weighted by atomic mass is 19.1. The molecule has 4 N–H and O–H groups in total. The van der Waals surface area contributed by atoms with Crippen molar-refractivity contribution in [2.45, 2.75) is 31.5 Å². The van der Waals surface area contributed by atoms with E-state index in [1.54, 1.807) is 16.8 Å². The van der Waals surface area contributed by atoms with Crippen LogP contribution in [0.3, 0.4) is 0 Å². The molecule has 10 heteroatoms. The maximum atomic E-state index is 14.2. The van der Waals surface area contributed by atoms with Crippen molar-refractivity contribution in [2.24, 2.45) is 0 Å². The topological polar surface area (TPSA) is 134 Å². The van der Waals surface area contributed by atoms with E-state index in [4.69, 9.17) is 20.1 Å². The van der Waals surface area contributed by atoms with E-state index < -0.39 is 24.5 Å². The van der Waals surface area contributed by atoms with Gasteiger partial charge in [0, 0.05) is 0 Å². The number of nitrogens with zero attached hydrogens (tertiary/aromatic N) is 2. The van der Waals surface area contributed by atoms with E-state index in [0.717, 1.165) is 36.8 Å². The van der Waals surface area contributed by atoms with E-state index in [9.17, 15) is 14.0 Å². The van der Waals surface area contributed by atoms with Crippen molar-refractivity contribution in [3.8, 4) is 11.6 Å². The molecule has 0 bridgehead atoms. The molecular weight excluding hydrogens is 421 g/mol. The molecule has 0 radical (unpaired) electrons. The van der Waals surface area contributed by atoms with Crippen LogP contribution in [0.1, 0.15) is 19.3 Å². The highest BCUT2D eigenvalue weighted by molar-refractivity contribution is 5.86. The molecule has 2 aromatic carbocycles. The van der Waals surface area contributed by atoms with Gasteiger partial charge in [-0.05, 0) is 50.2 Å². The van der Waals surface area contributed by atoms with Crippen LogP contribution in [0.4, 0.5) is 4.39 Å². The van der Waals surface area contributed by atoms with Gasteiger partial charge in [-0.2, -0.15) is 0 Å². The van der Waals surface area contributed by atoms with Crippen molar-refractivity contribution in [3.05, 3.63) is 54.3 Å². The SMILES string of the molecule is Fc1ccccc1-n1nc(OC2CCNCC2)c2ccccc21.O=C(O)CC(O)C(=O)O. The Hall–Kier alpha value is -3.50. The first-order valence-electron chi connectivity index (χ1n) is 10.1. The van der Waals surface area contributed by atoms with Gasteiger partial charge in [0.25, 0.3) is 0 Å². The number of piperidine rings is 1. The molecule has 170 valence electrons. The second-order valence-electron chi connectivity index (χ2n) is 7.20. The number of hydrogen-bond donors (Lipinski definition) is 4. The number of halogens is 1. The van der Waals surface area contributed by atoms with Crippen molar-refractivity contribution in [1.82, 2.24) is 15.1 Å². The molecule has 1 aromatic heterocycles. The second-order valence-corrected chi connectivity index (χ2v) is 7.20. The molecule has 1 saturated heterocycles. The summed E-state index contributed by atoms with van der Waals surface area (Å²) in [5.74, 6) is -2.56. The third-order valence-corrected chi connectivity index (χ3v) is 4.85. The van der Waals surface area contributed by atoms with E-state index in [1.165, 1.54) is 6.07 Å². The van der Waals surface area contributed by atoms with Gasteiger partial charge >= 0.3 is 11.9 Å². The first kappa shape index (κ1) is 23.2. The van der Waals surface area contributed by atoms with Crippen LogP contribution in [0.5, 0.6) is 5.88 Å². The molecule has 4 rings (SSSR count). The van der Waals surface area contributed by atoms with E-state index in [1.807, 2.05) is 30.3 Å². The summed E-state index contributed by atoms with van der Waals surface area (Å²) in [5.41, 5.74) is 1.28. The molecule has 0 aliphatic carbocycles. The highest BCUT2D eigenvalue weighted by Crippen LogP contribution is 2.29. The Kier molecular flexibility index (Phi) is 7.74. The molecule has 0 spiro atoms. The minimum atomic E-state index is -1.79. The maximum Gasteiger partial charge on any atom is 0.333 e. The van der Waals surface area contributed by atoms with Crippen molar-refractivity contribution < 1.29 is 34.0 Å². The number of aliphatic hydroxyl groups excluding tert-OH is 1. The Morgan fingerprint density at radius 2 is 1.78 bits per heavy atom. The molecule has 1 aliphatic heterocycles. The fourth-order valence-corrected chi connectivity index (χ4v) is 3.26. The average molecular weight is 445 g/mol. The fourth-order valence-electron chi connectivity index (χ4n) is 3.26. The van der Waals surface area contributed by atoms with Gasteiger partial charge in [0.1, 0.15) is 17.6 Å². The summed E-state index contributed by atoms with van der Waals surface area (Å²) < 4.78 is 21.9. The van der Waals surface area contributed by atoms with Crippen LogP contribution in [0.2, 0.25) is 0 Å². The molecule has 1 atom stereocenters. The zero-order valence-electron chi connectivity index (χ0n) is 17.1. The van der Waals surface area contributed by atoms with Crippen molar-refractivity contribution in [2.75, 3.05) is 13.1 Å². The third kappa shape index (κ3) is 5.80. The predicted molar refractivity (Wildman–Crippen MR) is 113 cm³/mol. The average Bonchev–Trinajstić information content (AvgIpc) is 3.13. The molecule has 1 fully saturated rings. The van der Waals surface area contributed by atoms with Gasteiger partial charge in [-0.1, -0.05) is 24.3 Å². The number of nitrogens with one attached hydrogen (secondary N) is 1. The van der Waals surface area contributed by atoms with Crippen LogP contribution in [0, 0.1) is 5.82 Å². The summed E-state index contributed by atoms with van der Waals surface area (Å²) in [5, 5.41) is 32.9. The third-order valence-electron chi connectivity index (χ3n) is 4.85. The van der Waals surface area contributed by atoms with Gasteiger partial charge in [0.15, 0.2) is 6.10 Å². The Labute approximate surface area is 183 Å². The van der Waals surface area contributed by atoms with Gasteiger partial charge in [0.2, 0.25) is 5.88 Å². The lowest BCUT2D eigenvalue weighted by molar-refractivity contribution is -0.152. The number of hydrogen-bond acceptors (Lipinski definition) is 6. The van der Waals surface area contributed by atoms with Crippen LogP contribution >= 0.6 is 0 Å². The summed E-state index contributed by atoms with van der Waals surface area (Å²) >= 11 is 0. The van der Waals surface area contributed by atoms with Crippen LogP contribution < -0.4 is 10.1 Å². The number of carboxylic acids is 2. The summed E-state index contributed by atoms with van der Waals surface area (Å²) in [7, 11) is 0. The number of carboxylic acid groups (broad SMARTS) is 2. The minimum absolute atomic E-state index is 0.156. The summed E-state index contributed by atoms with van der Waals surface area (Å²) in [6.45, 7) is 1.91. The number of aliphatic hydroxyl groups is 1. The molecule has 1 aliphatic rings. The van der Waals surface area contributed by atoms with Crippen molar-refractivity contribution in [1.29, 1.82) is 0 Å². The number of aliphatic carboxylic acids is 2. The largest absolute Gasteiger partial charge is 0.481 e.